The molecule has 354 valence electrons. The fourth-order valence-electron chi connectivity index (χ4n) is 12.9. The van der Waals surface area contributed by atoms with Crippen LogP contribution in [-0.2, 0) is 10.8 Å². The third-order valence-corrected chi connectivity index (χ3v) is 17.7. The van der Waals surface area contributed by atoms with E-state index in [1.807, 2.05) is 42.7 Å². The molecule has 0 saturated carbocycles. The van der Waals surface area contributed by atoms with Crippen LogP contribution in [-0.4, -0.2) is 9.97 Å². The number of benzene rings is 10. The molecule has 2 aliphatic carbocycles. The summed E-state index contributed by atoms with van der Waals surface area (Å²) >= 11 is 11.8. The quantitative estimate of drug-likeness (QED) is 0.176. The van der Waals surface area contributed by atoms with Gasteiger partial charge in [0.1, 0.15) is 22.3 Å². The molecule has 0 amide bonds. The van der Waals surface area contributed by atoms with Gasteiger partial charge in [-0.3, -0.25) is 9.97 Å². The van der Waals surface area contributed by atoms with Crippen molar-refractivity contribution in [2.45, 2.75) is 10.8 Å². The fourth-order valence-corrected chi connectivity index (χ4v) is 14.6. The molecule has 0 bridgehead atoms. The summed E-state index contributed by atoms with van der Waals surface area (Å²) in [5.41, 5.74) is 18.6. The van der Waals surface area contributed by atoms with Gasteiger partial charge < -0.3 is 8.83 Å². The topological polar surface area (TPSA) is 52.1 Å². The van der Waals surface area contributed by atoms with Crippen molar-refractivity contribution in [3.8, 4) is 22.3 Å². The maximum absolute atomic E-state index is 6.71. The number of fused-ring (bicyclic) bond motifs is 18. The minimum atomic E-state index is -0.558. The van der Waals surface area contributed by atoms with Gasteiger partial charge in [0.2, 0.25) is 0 Å². The maximum Gasteiger partial charge on any atom is 0.144 e. The zero-order valence-corrected chi connectivity index (χ0v) is 44.6. The van der Waals surface area contributed by atoms with Gasteiger partial charge >= 0.3 is 0 Å². The molecule has 0 aliphatic heterocycles. The minimum absolute atomic E-state index is 0.519. The molecule has 0 N–H and O–H groups in total. The summed E-state index contributed by atoms with van der Waals surface area (Å²) in [5.74, 6) is 0. The zero-order chi connectivity index (χ0) is 50.0. The lowest BCUT2D eigenvalue weighted by Gasteiger charge is -2.34. The second kappa shape index (κ2) is 17.1. The van der Waals surface area contributed by atoms with Gasteiger partial charge in [0, 0.05) is 80.4 Å². The van der Waals surface area contributed by atoms with Gasteiger partial charge in [-0.25, -0.2) is 0 Å². The van der Waals surface area contributed by atoms with Gasteiger partial charge in [-0.15, -0.1) is 0 Å². The van der Waals surface area contributed by atoms with E-state index in [0.29, 0.717) is 0 Å². The number of aromatic nitrogens is 2. The Morgan fingerprint density at radius 2 is 0.693 bits per heavy atom. The number of halogens is 3. The van der Waals surface area contributed by atoms with E-state index >= 15 is 0 Å². The van der Waals surface area contributed by atoms with Gasteiger partial charge in [-0.05, 0) is 87.0 Å². The van der Waals surface area contributed by atoms with Crippen LogP contribution in [0.15, 0.2) is 259 Å². The SMILES string of the molecule is Brc1cc2c(c3ncccc13)-c1c(cc(Br)c3c1oc1ccccc13)C2(c1ccccc1)c1ccccc1.Brc1cc2c(c3ncccc13)-c1c(ccc3c1oc1ccccc13)C2(c1ccccc1)c1ccccc1. The number of hydrogen-bond acceptors (Lipinski definition) is 4. The highest BCUT2D eigenvalue weighted by atomic mass is 79.9. The second-order valence-electron chi connectivity index (χ2n) is 19.4. The minimum Gasteiger partial charge on any atom is -0.455 e. The van der Waals surface area contributed by atoms with Gasteiger partial charge in [-0.2, -0.15) is 0 Å². The average Bonchev–Trinajstić information content (AvgIpc) is 4.21. The largest absolute Gasteiger partial charge is 0.455 e. The van der Waals surface area contributed by atoms with E-state index in [0.717, 1.165) is 101 Å². The molecular weight excluding hydrogens is 1120 g/mol. The summed E-state index contributed by atoms with van der Waals surface area (Å²) in [5, 5.41) is 6.63. The third kappa shape index (κ3) is 6.20. The van der Waals surface area contributed by atoms with Crippen LogP contribution in [0.2, 0.25) is 0 Å². The summed E-state index contributed by atoms with van der Waals surface area (Å²) in [6.07, 6.45) is 3.77. The van der Waals surface area contributed by atoms with Crippen molar-refractivity contribution >= 4 is 113 Å². The van der Waals surface area contributed by atoms with Crippen molar-refractivity contribution in [2.75, 3.05) is 0 Å². The lowest BCUT2D eigenvalue weighted by atomic mass is 9.67. The van der Waals surface area contributed by atoms with E-state index in [2.05, 4.69) is 242 Å². The molecule has 14 aromatic rings. The van der Waals surface area contributed by atoms with Crippen LogP contribution in [0.4, 0.5) is 0 Å². The fraction of sp³-hybridized carbons (Fsp3) is 0.0294. The van der Waals surface area contributed by atoms with Crippen LogP contribution in [0.5, 0.6) is 0 Å². The van der Waals surface area contributed by atoms with Gasteiger partial charge in [0.05, 0.1) is 21.9 Å². The molecule has 16 rings (SSSR count). The molecule has 75 heavy (non-hydrogen) atoms. The van der Waals surface area contributed by atoms with E-state index in [1.165, 1.54) is 44.5 Å². The molecule has 0 spiro atoms. The van der Waals surface area contributed by atoms with Crippen LogP contribution in [0.1, 0.15) is 44.5 Å². The number of pyridine rings is 2. The zero-order valence-electron chi connectivity index (χ0n) is 39.9. The summed E-state index contributed by atoms with van der Waals surface area (Å²) in [4.78, 5) is 9.92. The molecule has 0 saturated heterocycles. The summed E-state index contributed by atoms with van der Waals surface area (Å²) in [6.45, 7) is 0. The van der Waals surface area contributed by atoms with Crippen LogP contribution in [0.3, 0.4) is 0 Å². The van der Waals surface area contributed by atoms with Crippen molar-refractivity contribution in [1.82, 2.24) is 9.97 Å². The van der Waals surface area contributed by atoms with Crippen molar-refractivity contribution < 1.29 is 8.83 Å². The Balaban J connectivity index is 0.000000132. The molecule has 10 aromatic carbocycles. The van der Waals surface area contributed by atoms with Crippen molar-refractivity contribution in [1.29, 1.82) is 0 Å². The third-order valence-electron chi connectivity index (χ3n) is 15.8. The Morgan fingerprint density at radius 1 is 0.307 bits per heavy atom. The Morgan fingerprint density at radius 3 is 1.21 bits per heavy atom. The standard InChI is InChI=1S/C34H19Br2NO.C34H20BrNO/c35-26-18-24-30(32-22(26)15-9-17-37-32)31-25(19-27(36)29-23-14-7-8-16-28(23)38-33(29)31)34(24,20-10-3-1-4-11-20)21-12-5-2-6-13-21;35-28-20-27-30(32-25(28)15-9-19-36-32)31-26(18-17-24-23-14-7-8-16-29(23)37-33(24)31)34(27,21-10-3-1-4-11-21)22-12-5-2-6-13-22/h1-19H;1-20H. The summed E-state index contributed by atoms with van der Waals surface area (Å²) in [7, 11) is 0. The predicted octanol–water partition coefficient (Wildman–Crippen LogP) is 19.3. The van der Waals surface area contributed by atoms with Crippen molar-refractivity contribution in [3.05, 3.63) is 295 Å². The molecule has 4 aromatic heterocycles. The Hall–Kier alpha value is -7.94. The van der Waals surface area contributed by atoms with Crippen LogP contribution >= 0.6 is 47.8 Å². The predicted molar refractivity (Wildman–Crippen MR) is 316 cm³/mol. The molecule has 4 heterocycles. The molecular formula is C68H39Br3N2O2. The first-order valence-corrected chi connectivity index (χ1v) is 27.3. The van der Waals surface area contributed by atoms with Crippen molar-refractivity contribution in [3.63, 3.8) is 0 Å². The van der Waals surface area contributed by atoms with Gasteiger partial charge in [-0.1, -0.05) is 230 Å². The highest BCUT2D eigenvalue weighted by molar-refractivity contribution is 9.11. The first kappa shape index (κ1) is 44.5. The lowest BCUT2D eigenvalue weighted by molar-refractivity contribution is 0.668. The van der Waals surface area contributed by atoms with E-state index in [-0.39, 0.29) is 0 Å². The molecule has 0 unspecified atom stereocenters. The van der Waals surface area contributed by atoms with Crippen LogP contribution in [0, 0.1) is 0 Å². The van der Waals surface area contributed by atoms with E-state index in [1.54, 1.807) is 0 Å². The second-order valence-corrected chi connectivity index (χ2v) is 21.9. The molecule has 0 radical (unpaired) electrons. The number of rotatable bonds is 4. The monoisotopic (exact) mass is 1150 g/mol. The van der Waals surface area contributed by atoms with E-state index in [4.69, 9.17) is 18.8 Å². The number of hydrogen-bond donors (Lipinski definition) is 0. The lowest BCUT2D eigenvalue weighted by Crippen LogP contribution is -2.28. The highest BCUT2D eigenvalue weighted by Crippen LogP contribution is 2.63. The van der Waals surface area contributed by atoms with Gasteiger partial charge in [0.25, 0.3) is 0 Å². The van der Waals surface area contributed by atoms with Crippen LogP contribution < -0.4 is 0 Å². The number of furan rings is 2. The first-order valence-electron chi connectivity index (χ1n) is 24.9. The van der Waals surface area contributed by atoms with Crippen LogP contribution in [0.25, 0.3) is 87.9 Å². The highest BCUT2D eigenvalue weighted by Gasteiger charge is 2.50. The maximum atomic E-state index is 6.71. The normalized spacial score (nSPS) is 13.7. The molecule has 4 nitrogen and oxygen atoms in total. The number of nitrogens with zero attached hydrogens (tertiary/aromatic N) is 2. The first-order chi connectivity index (χ1) is 37.0. The van der Waals surface area contributed by atoms with E-state index < -0.39 is 10.8 Å². The van der Waals surface area contributed by atoms with Crippen molar-refractivity contribution in [2.24, 2.45) is 0 Å². The Labute approximate surface area is 456 Å². The van der Waals surface area contributed by atoms with E-state index in [9.17, 15) is 0 Å². The summed E-state index contributed by atoms with van der Waals surface area (Å²) in [6, 6.07) is 79.5. The number of para-hydroxylation sites is 2. The molecule has 2 aliphatic rings. The van der Waals surface area contributed by atoms with Gasteiger partial charge in [0.15, 0.2) is 0 Å². The average molecular weight is 1160 g/mol. The molecule has 0 atom stereocenters. The smallest absolute Gasteiger partial charge is 0.144 e. The Bertz CT molecular complexity index is 4550. The Kier molecular flexibility index (Phi) is 10.1. The molecule has 7 heteroatoms. The molecule has 0 fully saturated rings. The summed E-state index contributed by atoms with van der Waals surface area (Å²) < 4.78 is 16.5.